The summed E-state index contributed by atoms with van der Waals surface area (Å²) in [6.07, 6.45) is 0.872. The molecule has 1 aromatic carbocycles. The molecule has 19 heavy (non-hydrogen) atoms. The van der Waals surface area contributed by atoms with E-state index in [1.54, 1.807) is 0 Å². The Labute approximate surface area is 116 Å². The molecule has 0 fully saturated rings. The van der Waals surface area contributed by atoms with Gasteiger partial charge >= 0.3 is 0 Å². The van der Waals surface area contributed by atoms with Crippen LogP contribution < -0.4 is 10.6 Å². The number of benzene rings is 1. The van der Waals surface area contributed by atoms with Crippen molar-refractivity contribution < 1.29 is 13.6 Å². The number of hydrogen-bond acceptors (Lipinski definition) is 2. The number of anilines is 1. The molecule has 0 unspecified atom stereocenters. The number of carbonyl (C=O) groups excluding carboxylic acids is 1. The molecule has 3 nitrogen and oxygen atoms in total. The molecule has 1 aromatic rings. The van der Waals surface area contributed by atoms with Crippen LogP contribution in [-0.2, 0) is 4.79 Å². The topological polar surface area (TPSA) is 41.1 Å². The van der Waals surface area contributed by atoms with E-state index >= 15 is 0 Å². The van der Waals surface area contributed by atoms with Crippen LogP contribution in [0.3, 0.4) is 0 Å². The van der Waals surface area contributed by atoms with Gasteiger partial charge in [-0.3, -0.25) is 4.79 Å². The minimum Gasteiger partial charge on any atom is -0.373 e. The summed E-state index contributed by atoms with van der Waals surface area (Å²) in [5.74, 6) is -1.34. The van der Waals surface area contributed by atoms with E-state index in [2.05, 4.69) is 24.5 Å². The van der Waals surface area contributed by atoms with Crippen molar-refractivity contribution in [1.82, 2.24) is 5.32 Å². The Balaban J connectivity index is 2.46. The van der Waals surface area contributed by atoms with E-state index in [0.717, 1.165) is 12.5 Å². The lowest BCUT2D eigenvalue weighted by Crippen LogP contribution is -2.31. The summed E-state index contributed by atoms with van der Waals surface area (Å²) in [7, 11) is 0. The largest absolute Gasteiger partial charge is 0.373 e. The second kappa shape index (κ2) is 7.28. The van der Waals surface area contributed by atoms with Crippen LogP contribution in [0.25, 0.3) is 0 Å². The molecule has 0 radical (unpaired) electrons. The van der Waals surface area contributed by atoms with E-state index in [9.17, 15) is 13.6 Å². The molecule has 0 aliphatic heterocycles. The third kappa shape index (κ3) is 5.42. The Morgan fingerprint density at radius 2 is 2.05 bits per heavy atom. The third-order valence-corrected chi connectivity index (χ3v) is 2.77. The summed E-state index contributed by atoms with van der Waals surface area (Å²) >= 11 is 5.69. The van der Waals surface area contributed by atoms with Gasteiger partial charge in [-0.1, -0.05) is 25.4 Å². The maximum absolute atomic E-state index is 13.4. The van der Waals surface area contributed by atoms with Crippen LogP contribution in [0, 0.1) is 17.6 Å². The van der Waals surface area contributed by atoms with Gasteiger partial charge in [0.15, 0.2) is 5.82 Å². The van der Waals surface area contributed by atoms with Gasteiger partial charge in [0.25, 0.3) is 0 Å². The van der Waals surface area contributed by atoms with Crippen LogP contribution in [0.4, 0.5) is 14.5 Å². The molecular formula is C13H17ClF2N2O. The SMILES string of the molecule is CC(C)CCNC(=O)CNc1c(F)cc(F)cc1Cl. The first kappa shape index (κ1) is 15.7. The van der Waals surface area contributed by atoms with Gasteiger partial charge in [0, 0.05) is 12.6 Å². The standard InChI is InChI=1S/C13H17ClF2N2O/c1-8(2)3-4-17-12(19)7-18-13-10(14)5-9(15)6-11(13)16/h5-6,8,18H,3-4,7H2,1-2H3,(H,17,19). The predicted molar refractivity (Wildman–Crippen MR) is 72.3 cm³/mol. The number of hydrogen-bond donors (Lipinski definition) is 2. The first-order valence-electron chi connectivity index (χ1n) is 6.05. The first-order chi connectivity index (χ1) is 8.90. The highest BCUT2D eigenvalue weighted by molar-refractivity contribution is 6.33. The second-order valence-corrected chi connectivity index (χ2v) is 5.04. The molecule has 0 heterocycles. The van der Waals surface area contributed by atoms with E-state index in [-0.39, 0.29) is 23.2 Å². The number of halogens is 3. The van der Waals surface area contributed by atoms with Gasteiger partial charge in [0.05, 0.1) is 17.3 Å². The van der Waals surface area contributed by atoms with Gasteiger partial charge < -0.3 is 10.6 Å². The zero-order valence-electron chi connectivity index (χ0n) is 10.9. The van der Waals surface area contributed by atoms with Crippen molar-refractivity contribution in [1.29, 1.82) is 0 Å². The van der Waals surface area contributed by atoms with Gasteiger partial charge in [-0.2, -0.15) is 0 Å². The fourth-order valence-electron chi connectivity index (χ4n) is 1.44. The molecule has 0 aliphatic carbocycles. The van der Waals surface area contributed by atoms with E-state index in [1.165, 1.54) is 0 Å². The molecule has 0 atom stereocenters. The molecule has 0 saturated heterocycles. The van der Waals surface area contributed by atoms with Crippen molar-refractivity contribution in [3.05, 3.63) is 28.8 Å². The fraction of sp³-hybridized carbons (Fsp3) is 0.462. The van der Waals surface area contributed by atoms with E-state index in [1.807, 2.05) is 0 Å². The summed E-state index contributed by atoms with van der Waals surface area (Å²) < 4.78 is 26.2. The van der Waals surface area contributed by atoms with Crippen LogP contribution >= 0.6 is 11.6 Å². The highest BCUT2D eigenvalue weighted by atomic mass is 35.5. The van der Waals surface area contributed by atoms with Crippen LogP contribution in [0.2, 0.25) is 5.02 Å². The minimum absolute atomic E-state index is 0.0675. The number of carbonyl (C=O) groups is 1. The van der Waals surface area contributed by atoms with Crippen molar-refractivity contribution in [2.75, 3.05) is 18.4 Å². The summed E-state index contributed by atoms with van der Waals surface area (Å²) in [4.78, 5) is 11.5. The van der Waals surface area contributed by atoms with Crippen molar-refractivity contribution in [3.8, 4) is 0 Å². The normalized spacial score (nSPS) is 10.6. The van der Waals surface area contributed by atoms with Crippen molar-refractivity contribution in [3.63, 3.8) is 0 Å². The summed E-state index contributed by atoms with van der Waals surface area (Å²) in [6.45, 7) is 4.56. The molecule has 0 aromatic heterocycles. The maximum Gasteiger partial charge on any atom is 0.239 e. The Kier molecular flexibility index (Phi) is 6.02. The fourth-order valence-corrected chi connectivity index (χ4v) is 1.70. The van der Waals surface area contributed by atoms with Crippen LogP contribution in [-0.4, -0.2) is 19.0 Å². The quantitative estimate of drug-likeness (QED) is 0.845. The molecule has 1 rings (SSSR count). The first-order valence-corrected chi connectivity index (χ1v) is 6.43. The lowest BCUT2D eigenvalue weighted by atomic mass is 10.1. The highest BCUT2D eigenvalue weighted by Crippen LogP contribution is 2.25. The highest BCUT2D eigenvalue weighted by Gasteiger charge is 2.11. The van der Waals surface area contributed by atoms with Gasteiger partial charge in [0.2, 0.25) is 5.91 Å². The molecule has 0 saturated carbocycles. The van der Waals surface area contributed by atoms with E-state index < -0.39 is 11.6 Å². The molecule has 0 spiro atoms. The molecule has 0 aliphatic rings. The zero-order chi connectivity index (χ0) is 14.4. The van der Waals surface area contributed by atoms with Gasteiger partial charge in [0.1, 0.15) is 5.82 Å². The third-order valence-electron chi connectivity index (χ3n) is 2.48. The second-order valence-electron chi connectivity index (χ2n) is 4.63. The van der Waals surface area contributed by atoms with Crippen molar-refractivity contribution in [2.24, 2.45) is 5.92 Å². The van der Waals surface area contributed by atoms with Crippen LogP contribution in [0.1, 0.15) is 20.3 Å². The minimum atomic E-state index is -0.819. The average molecular weight is 291 g/mol. The van der Waals surface area contributed by atoms with Gasteiger partial charge in [-0.05, 0) is 18.4 Å². The Hall–Kier alpha value is -1.36. The van der Waals surface area contributed by atoms with Gasteiger partial charge in [-0.25, -0.2) is 8.78 Å². The molecule has 1 amide bonds. The molecular weight excluding hydrogens is 274 g/mol. The maximum atomic E-state index is 13.4. The monoisotopic (exact) mass is 290 g/mol. The lowest BCUT2D eigenvalue weighted by molar-refractivity contribution is -0.119. The Morgan fingerprint density at radius 1 is 1.37 bits per heavy atom. The molecule has 0 bridgehead atoms. The summed E-state index contributed by atoms with van der Waals surface area (Å²) in [5, 5.41) is 5.16. The molecule has 106 valence electrons. The summed E-state index contributed by atoms with van der Waals surface area (Å²) in [6, 6.07) is 1.70. The Morgan fingerprint density at radius 3 is 2.63 bits per heavy atom. The van der Waals surface area contributed by atoms with E-state index in [0.29, 0.717) is 18.5 Å². The zero-order valence-corrected chi connectivity index (χ0v) is 11.7. The number of rotatable bonds is 6. The smallest absolute Gasteiger partial charge is 0.239 e. The number of nitrogens with one attached hydrogen (secondary N) is 2. The lowest BCUT2D eigenvalue weighted by Gasteiger charge is -2.11. The summed E-state index contributed by atoms with van der Waals surface area (Å²) in [5.41, 5.74) is -0.0675. The van der Waals surface area contributed by atoms with Crippen molar-refractivity contribution >= 4 is 23.2 Å². The van der Waals surface area contributed by atoms with Crippen LogP contribution in [0.15, 0.2) is 12.1 Å². The molecule has 6 heteroatoms. The van der Waals surface area contributed by atoms with Crippen molar-refractivity contribution in [2.45, 2.75) is 20.3 Å². The number of amides is 1. The van der Waals surface area contributed by atoms with E-state index in [4.69, 9.17) is 11.6 Å². The Bertz CT molecular complexity index is 429. The predicted octanol–water partition coefficient (Wildman–Crippen LogP) is 3.19. The molecule has 2 N–H and O–H groups in total. The average Bonchev–Trinajstić information content (AvgIpc) is 2.26. The van der Waals surface area contributed by atoms with Gasteiger partial charge in [-0.15, -0.1) is 0 Å². The van der Waals surface area contributed by atoms with Crippen LogP contribution in [0.5, 0.6) is 0 Å².